The molecule has 2 amide bonds. The van der Waals surface area contributed by atoms with Crippen molar-refractivity contribution in [3.63, 3.8) is 0 Å². The van der Waals surface area contributed by atoms with Crippen LogP contribution < -0.4 is 9.80 Å². The van der Waals surface area contributed by atoms with Crippen LogP contribution in [0.2, 0.25) is 0 Å². The molecule has 1 aromatic heterocycles. The van der Waals surface area contributed by atoms with E-state index in [1.54, 1.807) is 11.9 Å². The lowest BCUT2D eigenvalue weighted by Crippen LogP contribution is -2.49. The number of aromatic nitrogens is 2. The summed E-state index contributed by atoms with van der Waals surface area (Å²) in [7, 11) is 1.78. The lowest BCUT2D eigenvalue weighted by atomic mass is 9.98. The highest BCUT2D eigenvalue weighted by Crippen LogP contribution is 2.32. The van der Waals surface area contributed by atoms with Gasteiger partial charge in [0.15, 0.2) is 0 Å². The smallest absolute Gasteiger partial charge is 0.407 e. The minimum atomic E-state index is -0.898. The van der Waals surface area contributed by atoms with Crippen molar-refractivity contribution < 1.29 is 14.7 Å². The van der Waals surface area contributed by atoms with E-state index in [0.717, 1.165) is 20.8 Å². The van der Waals surface area contributed by atoms with Crippen molar-refractivity contribution in [3.8, 4) is 0 Å². The van der Waals surface area contributed by atoms with Gasteiger partial charge in [0, 0.05) is 50.9 Å². The summed E-state index contributed by atoms with van der Waals surface area (Å²) in [6.07, 6.45) is 0.955. The summed E-state index contributed by atoms with van der Waals surface area (Å²) in [6.45, 7) is 4.00. The molecule has 0 bridgehead atoms. The monoisotopic (exact) mass is 509 g/mol. The van der Waals surface area contributed by atoms with Gasteiger partial charge in [-0.3, -0.25) is 4.79 Å². The lowest BCUT2D eigenvalue weighted by Gasteiger charge is -2.35. The van der Waals surface area contributed by atoms with Crippen LogP contribution in [0.1, 0.15) is 24.8 Å². The fraction of sp³-hybridized carbons (Fsp3) is 0.400. The van der Waals surface area contributed by atoms with Crippen molar-refractivity contribution in [1.29, 1.82) is 0 Å². The summed E-state index contributed by atoms with van der Waals surface area (Å²) < 4.78 is 0.816. The predicted molar refractivity (Wildman–Crippen MR) is 119 cm³/mol. The first-order valence-electron chi connectivity index (χ1n) is 9.43. The van der Waals surface area contributed by atoms with Crippen LogP contribution in [0, 0.1) is 3.70 Å². The molecule has 0 spiro atoms. The summed E-state index contributed by atoms with van der Waals surface area (Å²) in [5, 5.41) is 9.17. The topological polar surface area (TPSA) is 89.9 Å². The summed E-state index contributed by atoms with van der Waals surface area (Å²) in [4.78, 5) is 38.0. The van der Waals surface area contributed by atoms with Crippen LogP contribution in [0.4, 0.5) is 16.3 Å². The van der Waals surface area contributed by atoms with Crippen molar-refractivity contribution in [3.05, 3.63) is 45.9 Å². The molecule has 1 fully saturated rings. The molecule has 1 saturated heterocycles. The molecule has 2 heterocycles. The third-order valence-electron chi connectivity index (χ3n) is 5.16. The van der Waals surface area contributed by atoms with E-state index in [9.17, 15) is 9.59 Å². The van der Waals surface area contributed by atoms with Crippen molar-refractivity contribution in [2.75, 3.05) is 43.0 Å². The van der Waals surface area contributed by atoms with Crippen LogP contribution in [-0.4, -0.2) is 65.2 Å². The average Bonchev–Trinajstić information content (AvgIpc) is 2.73. The molecule has 154 valence electrons. The van der Waals surface area contributed by atoms with Gasteiger partial charge in [0.1, 0.15) is 15.8 Å². The maximum absolute atomic E-state index is 12.8. The van der Waals surface area contributed by atoms with Gasteiger partial charge in [0.2, 0.25) is 5.91 Å². The molecule has 0 radical (unpaired) electrons. The second-order valence-electron chi connectivity index (χ2n) is 7.05. The van der Waals surface area contributed by atoms with Crippen molar-refractivity contribution >= 4 is 46.1 Å². The maximum atomic E-state index is 12.8. The summed E-state index contributed by atoms with van der Waals surface area (Å²) >= 11 is 2.18. The number of amides is 2. The number of carbonyl (C=O) groups is 2. The normalized spacial score (nSPS) is 15.1. The Balaban J connectivity index is 1.76. The first-order chi connectivity index (χ1) is 13.9. The second-order valence-corrected chi connectivity index (χ2v) is 8.07. The fourth-order valence-electron chi connectivity index (χ4n) is 3.45. The largest absolute Gasteiger partial charge is 0.465 e. The van der Waals surface area contributed by atoms with Gasteiger partial charge in [-0.25, -0.2) is 14.8 Å². The lowest BCUT2D eigenvalue weighted by molar-refractivity contribution is -0.118. The average molecular weight is 509 g/mol. The second kappa shape index (κ2) is 9.38. The Bertz CT molecular complexity index is 872. The van der Waals surface area contributed by atoms with E-state index in [4.69, 9.17) is 5.11 Å². The molecule has 1 aromatic carbocycles. The highest BCUT2D eigenvalue weighted by Gasteiger charge is 2.27. The number of nitrogens with zero attached hydrogens (tertiary/aromatic N) is 5. The van der Waals surface area contributed by atoms with Crippen LogP contribution in [-0.2, 0) is 4.79 Å². The highest BCUT2D eigenvalue weighted by atomic mass is 127. The number of piperazine rings is 1. The van der Waals surface area contributed by atoms with Gasteiger partial charge in [-0.1, -0.05) is 25.1 Å². The number of benzene rings is 1. The number of hydrogen-bond donors (Lipinski definition) is 1. The van der Waals surface area contributed by atoms with E-state index in [0.29, 0.717) is 32.6 Å². The van der Waals surface area contributed by atoms with Gasteiger partial charge in [0.05, 0.1) is 0 Å². The van der Waals surface area contributed by atoms with E-state index in [1.807, 2.05) is 37.3 Å². The Morgan fingerprint density at radius 3 is 2.45 bits per heavy atom. The van der Waals surface area contributed by atoms with Crippen molar-refractivity contribution in [2.24, 2.45) is 0 Å². The van der Waals surface area contributed by atoms with Gasteiger partial charge in [-0.15, -0.1) is 0 Å². The molecule has 2 aromatic rings. The van der Waals surface area contributed by atoms with Crippen LogP contribution in [0.5, 0.6) is 0 Å². The quantitative estimate of drug-likeness (QED) is 0.493. The number of hydrogen-bond acceptors (Lipinski definition) is 5. The molecule has 1 aliphatic rings. The molecule has 0 aliphatic carbocycles. The van der Waals surface area contributed by atoms with Gasteiger partial charge in [-0.05, 0) is 40.6 Å². The van der Waals surface area contributed by atoms with E-state index < -0.39 is 6.09 Å². The number of halogens is 1. The summed E-state index contributed by atoms with van der Waals surface area (Å²) in [5.74, 6) is 0.733. The zero-order valence-electron chi connectivity index (χ0n) is 16.5. The molecule has 1 unspecified atom stereocenters. The van der Waals surface area contributed by atoms with Gasteiger partial charge in [-0.2, -0.15) is 0 Å². The summed E-state index contributed by atoms with van der Waals surface area (Å²) in [5.41, 5.74) is 1.79. The Morgan fingerprint density at radius 1 is 1.17 bits per heavy atom. The van der Waals surface area contributed by atoms with Gasteiger partial charge < -0.3 is 19.8 Å². The standard InChI is InChI=1S/C20H24IN5O3/c1-14(12-16(27)24(2)15-6-4-3-5-7-15)17-18(21)22-13-23-19(17)25-8-10-26(11-9-25)20(28)29/h3-7,13-14H,8-12H2,1-2H3,(H,28,29). The molecule has 29 heavy (non-hydrogen) atoms. The molecule has 1 aliphatic heterocycles. The number of rotatable bonds is 5. The number of carbonyl (C=O) groups excluding carboxylic acids is 1. The van der Waals surface area contributed by atoms with Crippen LogP contribution in [0.15, 0.2) is 36.7 Å². The maximum Gasteiger partial charge on any atom is 0.407 e. The molecule has 0 saturated carbocycles. The molecule has 8 nitrogen and oxygen atoms in total. The zero-order chi connectivity index (χ0) is 21.0. The van der Waals surface area contributed by atoms with Gasteiger partial charge >= 0.3 is 6.09 Å². The van der Waals surface area contributed by atoms with Crippen LogP contribution in [0.3, 0.4) is 0 Å². The van der Waals surface area contributed by atoms with E-state index in [-0.39, 0.29) is 11.8 Å². The van der Waals surface area contributed by atoms with Crippen molar-refractivity contribution in [1.82, 2.24) is 14.9 Å². The Kier molecular flexibility index (Phi) is 6.88. The van der Waals surface area contributed by atoms with Crippen LogP contribution in [0.25, 0.3) is 0 Å². The SMILES string of the molecule is CC(CC(=O)N(C)c1ccccc1)c1c(I)ncnc1N1CCN(C(=O)O)CC1. The third kappa shape index (κ3) is 4.95. The molecule has 1 N–H and O–H groups in total. The molecular weight excluding hydrogens is 485 g/mol. The minimum absolute atomic E-state index is 0.0185. The first-order valence-corrected chi connectivity index (χ1v) is 10.5. The van der Waals surface area contributed by atoms with Gasteiger partial charge in [0.25, 0.3) is 0 Å². The highest BCUT2D eigenvalue weighted by molar-refractivity contribution is 14.1. The van der Waals surface area contributed by atoms with Crippen molar-refractivity contribution in [2.45, 2.75) is 19.3 Å². The molecule has 9 heteroatoms. The van der Waals surface area contributed by atoms with Crippen LogP contribution >= 0.6 is 22.6 Å². The molecule has 3 rings (SSSR count). The van der Waals surface area contributed by atoms with E-state index in [1.165, 1.54) is 11.2 Å². The predicted octanol–water partition coefficient (Wildman–Crippen LogP) is 3.04. The third-order valence-corrected chi connectivity index (χ3v) is 6.01. The Labute approximate surface area is 183 Å². The Morgan fingerprint density at radius 2 is 1.83 bits per heavy atom. The summed E-state index contributed by atoms with van der Waals surface area (Å²) in [6, 6.07) is 9.55. The number of anilines is 2. The first kappa shape index (κ1) is 21.3. The molecular formula is C20H24IN5O3. The Hall–Kier alpha value is -2.43. The minimum Gasteiger partial charge on any atom is -0.465 e. The molecule has 1 atom stereocenters. The zero-order valence-corrected chi connectivity index (χ0v) is 18.6. The van der Waals surface area contributed by atoms with E-state index >= 15 is 0 Å². The number of carboxylic acid groups (broad SMARTS) is 1. The van der Waals surface area contributed by atoms with E-state index in [2.05, 4.69) is 37.5 Å². The fourth-order valence-corrected chi connectivity index (χ4v) is 4.34. The number of para-hydroxylation sites is 1.